The molecule has 1 saturated heterocycles. The van der Waals surface area contributed by atoms with E-state index in [1.54, 1.807) is 11.0 Å². The Bertz CT molecular complexity index is 829. The van der Waals surface area contributed by atoms with Crippen molar-refractivity contribution in [1.29, 1.82) is 0 Å². The van der Waals surface area contributed by atoms with Gasteiger partial charge in [-0.1, -0.05) is 42.5 Å². The number of benzene rings is 2. The number of nitrogens with zero attached hydrogens (tertiary/aromatic N) is 1. The first kappa shape index (κ1) is 20.2. The number of hydrogen-bond donors (Lipinski definition) is 2. The van der Waals surface area contributed by atoms with Crippen molar-refractivity contribution in [1.82, 2.24) is 4.90 Å². The van der Waals surface area contributed by atoms with E-state index in [-0.39, 0.29) is 23.9 Å². The van der Waals surface area contributed by atoms with Crippen LogP contribution < -0.4 is 5.73 Å². The summed E-state index contributed by atoms with van der Waals surface area (Å²) in [6, 6.07) is 15.1. The molecule has 1 aliphatic heterocycles. The monoisotopic (exact) mass is 382 g/mol. The predicted octanol–water partition coefficient (Wildman–Crippen LogP) is 4.33. The summed E-state index contributed by atoms with van der Waals surface area (Å²) in [6.07, 6.45) is 2.13. The highest BCUT2D eigenvalue weighted by Gasteiger charge is 2.34. The number of likely N-dealkylation sites (tertiary alicyclic amines) is 1. The highest BCUT2D eigenvalue weighted by atomic mass is 16.6. The predicted molar refractivity (Wildman–Crippen MR) is 111 cm³/mol. The number of carbonyl (C=O) groups is 1. The average molecular weight is 383 g/mol. The summed E-state index contributed by atoms with van der Waals surface area (Å²) < 4.78 is 5.60. The fourth-order valence-corrected chi connectivity index (χ4v) is 3.72. The molecule has 1 aliphatic rings. The third-order valence-corrected chi connectivity index (χ3v) is 5.05. The van der Waals surface area contributed by atoms with Crippen LogP contribution in [0.4, 0.5) is 4.79 Å². The van der Waals surface area contributed by atoms with Crippen molar-refractivity contribution in [2.75, 3.05) is 6.54 Å². The summed E-state index contributed by atoms with van der Waals surface area (Å²) in [5, 5.41) is 10.2. The molecule has 2 atom stereocenters. The van der Waals surface area contributed by atoms with Gasteiger partial charge in [-0.2, -0.15) is 0 Å². The van der Waals surface area contributed by atoms with E-state index in [9.17, 15) is 9.90 Å². The molecule has 0 aromatic heterocycles. The molecule has 5 heteroatoms. The van der Waals surface area contributed by atoms with Gasteiger partial charge in [0.05, 0.1) is 6.04 Å². The fraction of sp³-hybridized carbons (Fsp3) is 0.435. The van der Waals surface area contributed by atoms with Crippen molar-refractivity contribution < 1.29 is 14.6 Å². The average Bonchev–Trinajstić information content (AvgIpc) is 2.62. The Morgan fingerprint density at radius 3 is 2.68 bits per heavy atom. The second kappa shape index (κ2) is 8.23. The number of aromatic hydroxyl groups is 1. The van der Waals surface area contributed by atoms with Crippen LogP contribution in [0.1, 0.15) is 39.2 Å². The van der Waals surface area contributed by atoms with Gasteiger partial charge in [-0.05, 0) is 57.2 Å². The quantitative estimate of drug-likeness (QED) is 0.828. The Morgan fingerprint density at radius 1 is 1.21 bits per heavy atom. The third-order valence-electron chi connectivity index (χ3n) is 5.05. The van der Waals surface area contributed by atoms with Gasteiger partial charge in [-0.3, -0.25) is 0 Å². The second-order valence-corrected chi connectivity index (χ2v) is 8.47. The molecular formula is C23H30N2O3. The number of nitrogens with two attached hydrogens (primary N) is 1. The molecule has 0 aliphatic carbocycles. The summed E-state index contributed by atoms with van der Waals surface area (Å²) in [7, 11) is 0. The zero-order chi connectivity index (χ0) is 20.3. The SMILES string of the molecule is CC(C)(C)OC(=O)N1CCCC(N)C1Cc1cccc(-c2ccccc2O)c1. The number of phenolic OH excluding ortho intramolecular Hbond substituents is 1. The highest BCUT2D eigenvalue weighted by Crippen LogP contribution is 2.30. The standard InChI is InChI=1S/C23H30N2O3/c1-23(2,3)28-22(27)25-13-7-11-19(24)20(25)15-16-8-6-9-17(14-16)18-10-4-5-12-21(18)26/h4-6,8-10,12,14,19-20,26H,7,11,13,15,24H2,1-3H3. The van der Waals surface area contributed by atoms with Crippen molar-refractivity contribution in [3.05, 3.63) is 54.1 Å². The number of amides is 1. The molecule has 1 heterocycles. The molecule has 5 nitrogen and oxygen atoms in total. The number of para-hydroxylation sites is 1. The van der Waals surface area contributed by atoms with Gasteiger partial charge in [0.25, 0.3) is 0 Å². The summed E-state index contributed by atoms with van der Waals surface area (Å²) in [4.78, 5) is 14.5. The van der Waals surface area contributed by atoms with E-state index in [4.69, 9.17) is 10.5 Å². The molecule has 2 aromatic rings. The van der Waals surface area contributed by atoms with Crippen molar-refractivity contribution in [2.45, 2.75) is 57.7 Å². The van der Waals surface area contributed by atoms with Gasteiger partial charge in [0.15, 0.2) is 0 Å². The van der Waals surface area contributed by atoms with Gasteiger partial charge in [0.2, 0.25) is 0 Å². The van der Waals surface area contributed by atoms with Crippen molar-refractivity contribution in [3.63, 3.8) is 0 Å². The highest BCUT2D eigenvalue weighted by molar-refractivity contribution is 5.71. The van der Waals surface area contributed by atoms with E-state index in [1.165, 1.54) is 0 Å². The number of rotatable bonds is 3. The van der Waals surface area contributed by atoms with Crippen LogP contribution in [0.5, 0.6) is 5.75 Å². The van der Waals surface area contributed by atoms with E-state index >= 15 is 0 Å². The molecule has 0 saturated carbocycles. The minimum absolute atomic E-state index is 0.0879. The largest absolute Gasteiger partial charge is 0.507 e. The first-order chi connectivity index (χ1) is 13.2. The smallest absolute Gasteiger partial charge is 0.410 e. The van der Waals surface area contributed by atoms with E-state index in [0.717, 1.165) is 29.5 Å². The minimum Gasteiger partial charge on any atom is -0.507 e. The zero-order valence-corrected chi connectivity index (χ0v) is 16.9. The zero-order valence-electron chi connectivity index (χ0n) is 16.9. The van der Waals surface area contributed by atoms with Gasteiger partial charge >= 0.3 is 6.09 Å². The van der Waals surface area contributed by atoms with Crippen LogP contribution >= 0.6 is 0 Å². The Hall–Kier alpha value is -2.53. The van der Waals surface area contributed by atoms with Gasteiger partial charge in [0.1, 0.15) is 11.4 Å². The van der Waals surface area contributed by atoms with Gasteiger partial charge in [-0.25, -0.2) is 4.79 Å². The van der Waals surface area contributed by atoms with E-state index in [1.807, 2.05) is 57.2 Å². The lowest BCUT2D eigenvalue weighted by molar-refractivity contribution is 0.00695. The van der Waals surface area contributed by atoms with Crippen molar-refractivity contribution >= 4 is 6.09 Å². The molecule has 2 aromatic carbocycles. The maximum atomic E-state index is 12.7. The topological polar surface area (TPSA) is 75.8 Å². The first-order valence-electron chi connectivity index (χ1n) is 9.87. The van der Waals surface area contributed by atoms with Gasteiger partial charge < -0.3 is 20.5 Å². The maximum Gasteiger partial charge on any atom is 0.410 e. The van der Waals surface area contributed by atoms with Gasteiger partial charge in [-0.15, -0.1) is 0 Å². The molecule has 0 radical (unpaired) electrons. The number of hydrogen-bond acceptors (Lipinski definition) is 4. The lowest BCUT2D eigenvalue weighted by atomic mass is 9.90. The maximum absolute atomic E-state index is 12.7. The van der Waals surface area contributed by atoms with Gasteiger partial charge in [0, 0.05) is 18.2 Å². The molecule has 2 unspecified atom stereocenters. The molecule has 1 amide bonds. The van der Waals surface area contributed by atoms with Crippen molar-refractivity contribution in [2.24, 2.45) is 5.73 Å². The Balaban J connectivity index is 1.83. The van der Waals surface area contributed by atoms with Crippen LogP contribution in [-0.2, 0) is 11.2 Å². The van der Waals surface area contributed by atoms with Crippen LogP contribution in [0.15, 0.2) is 48.5 Å². The summed E-state index contributed by atoms with van der Waals surface area (Å²) in [5.74, 6) is 0.254. The first-order valence-corrected chi connectivity index (χ1v) is 9.87. The lowest BCUT2D eigenvalue weighted by Crippen LogP contribution is -2.56. The van der Waals surface area contributed by atoms with E-state index in [0.29, 0.717) is 13.0 Å². The number of ether oxygens (including phenoxy) is 1. The molecule has 0 bridgehead atoms. The van der Waals surface area contributed by atoms with Crippen LogP contribution in [-0.4, -0.2) is 40.3 Å². The molecular weight excluding hydrogens is 352 g/mol. The van der Waals surface area contributed by atoms with Crippen molar-refractivity contribution in [3.8, 4) is 16.9 Å². The number of carbonyl (C=O) groups excluding carboxylic acids is 1. The molecule has 3 rings (SSSR count). The van der Waals surface area contributed by atoms with E-state index < -0.39 is 5.60 Å². The molecule has 3 N–H and O–H groups in total. The summed E-state index contributed by atoms with van der Waals surface area (Å²) >= 11 is 0. The molecule has 1 fully saturated rings. The second-order valence-electron chi connectivity index (χ2n) is 8.47. The van der Waals surface area contributed by atoms with Crippen LogP contribution in [0.25, 0.3) is 11.1 Å². The summed E-state index contributed by atoms with van der Waals surface area (Å²) in [6.45, 7) is 6.28. The Kier molecular flexibility index (Phi) is 5.94. The molecule has 0 spiro atoms. The van der Waals surface area contributed by atoms with E-state index in [2.05, 4.69) is 6.07 Å². The Morgan fingerprint density at radius 2 is 1.96 bits per heavy atom. The number of piperidine rings is 1. The number of phenols is 1. The van der Waals surface area contributed by atoms with Crippen LogP contribution in [0, 0.1) is 0 Å². The fourth-order valence-electron chi connectivity index (χ4n) is 3.72. The Labute approximate surface area is 167 Å². The molecule has 28 heavy (non-hydrogen) atoms. The summed E-state index contributed by atoms with van der Waals surface area (Å²) in [5.41, 5.74) is 8.69. The minimum atomic E-state index is -0.534. The molecule has 150 valence electrons. The normalized spacial score (nSPS) is 20.1. The third kappa shape index (κ3) is 4.84. The van der Waals surface area contributed by atoms with Crippen LogP contribution in [0.2, 0.25) is 0 Å². The lowest BCUT2D eigenvalue weighted by Gasteiger charge is -2.40. The van der Waals surface area contributed by atoms with Crippen LogP contribution in [0.3, 0.4) is 0 Å².